The molecule has 4 nitrogen and oxygen atoms in total. The molecule has 1 saturated carbocycles. The van der Waals surface area contributed by atoms with Gasteiger partial charge in [0, 0.05) is 16.4 Å². The van der Waals surface area contributed by atoms with Gasteiger partial charge in [-0.3, -0.25) is 0 Å². The normalized spacial score (nSPS) is 22.3. The lowest BCUT2D eigenvalue weighted by molar-refractivity contribution is 0.130. The molecule has 6 heteroatoms. The molecule has 2 unspecified atom stereocenters. The molecular weight excluding hydrogens is 348 g/mol. The summed E-state index contributed by atoms with van der Waals surface area (Å²) in [6, 6.07) is 13.5. The Balaban J connectivity index is 2.04. The second-order valence-corrected chi connectivity index (χ2v) is 8.86. The molecule has 24 heavy (non-hydrogen) atoms. The Labute approximate surface area is 146 Å². The van der Waals surface area contributed by atoms with E-state index in [-0.39, 0.29) is 18.1 Å². The number of hydrogen-bond donors (Lipinski definition) is 2. The largest absolute Gasteiger partial charge is 0.396 e. The topological polar surface area (TPSA) is 74.6 Å². The molecule has 0 aromatic heterocycles. The van der Waals surface area contributed by atoms with Crippen molar-refractivity contribution >= 4 is 21.4 Å². The number of benzene rings is 2. The van der Waals surface area contributed by atoms with Gasteiger partial charge in [-0.25, -0.2) is 8.42 Å². The third-order valence-corrected chi connectivity index (χ3v) is 7.47. The second kappa shape index (κ2) is 6.15. The van der Waals surface area contributed by atoms with E-state index in [0.717, 1.165) is 11.1 Å². The van der Waals surface area contributed by atoms with Crippen LogP contribution in [0.15, 0.2) is 53.4 Å². The molecule has 0 aliphatic heterocycles. The summed E-state index contributed by atoms with van der Waals surface area (Å²) in [5, 5.41) is 19.2. The summed E-state index contributed by atoms with van der Waals surface area (Å²) < 4.78 is 26.0. The maximum absolute atomic E-state index is 13.0. The molecule has 2 atom stereocenters. The minimum Gasteiger partial charge on any atom is -0.396 e. The summed E-state index contributed by atoms with van der Waals surface area (Å²) in [4.78, 5) is 0.151. The van der Waals surface area contributed by atoms with E-state index in [1.54, 1.807) is 0 Å². The average molecular weight is 367 g/mol. The van der Waals surface area contributed by atoms with Gasteiger partial charge in [0.15, 0.2) is 9.84 Å². The van der Waals surface area contributed by atoms with Crippen molar-refractivity contribution in [2.75, 3.05) is 13.2 Å². The van der Waals surface area contributed by atoms with Crippen LogP contribution in [0.25, 0.3) is 0 Å². The van der Waals surface area contributed by atoms with E-state index in [9.17, 15) is 18.6 Å². The molecule has 128 valence electrons. The Morgan fingerprint density at radius 1 is 1.00 bits per heavy atom. The van der Waals surface area contributed by atoms with Crippen LogP contribution >= 0.6 is 11.6 Å². The molecule has 2 aromatic rings. The van der Waals surface area contributed by atoms with E-state index in [1.165, 1.54) is 24.3 Å². The fourth-order valence-corrected chi connectivity index (χ4v) is 5.98. The van der Waals surface area contributed by atoms with Gasteiger partial charge in [-0.15, -0.1) is 0 Å². The highest BCUT2D eigenvalue weighted by Crippen LogP contribution is 2.63. The Kier molecular flexibility index (Phi) is 4.47. The van der Waals surface area contributed by atoms with Crippen LogP contribution in [0, 0.1) is 12.3 Å². The predicted molar refractivity (Wildman–Crippen MR) is 93.0 cm³/mol. The molecule has 3 rings (SSSR count). The van der Waals surface area contributed by atoms with Crippen LogP contribution in [0.4, 0.5) is 0 Å². The number of rotatable bonds is 5. The first-order valence-corrected chi connectivity index (χ1v) is 9.57. The molecule has 1 aliphatic rings. The lowest BCUT2D eigenvalue weighted by Crippen LogP contribution is -2.23. The van der Waals surface area contributed by atoms with Crippen molar-refractivity contribution in [3.63, 3.8) is 0 Å². The number of sulfone groups is 1. The van der Waals surface area contributed by atoms with Crippen LogP contribution in [0.5, 0.6) is 0 Å². The molecule has 0 bridgehead atoms. The zero-order valence-electron chi connectivity index (χ0n) is 13.2. The predicted octanol–water partition coefficient (Wildman–Crippen LogP) is 2.56. The van der Waals surface area contributed by atoms with Crippen molar-refractivity contribution in [2.45, 2.75) is 23.0 Å². The zero-order chi connectivity index (χ0) is 17.5. The highest BCUT2D eigenvalue weighted by Gasteiger charge is 2.70. The first-order chi connectivity index (χ1) is 11.4. The number of hydrogen-bond acceptors (Lipinski definition) is 4. The second-order valence-electron chi connectivity index (χ2n) is 6.36. The summed E-state index contributed by atoms with van der Waals surface area (Å²) in [5.41, 5.74) is 0.814. The van der Waals surface area contributed by atoms with Gasteiger partial charge < -0.3 is 10.2 Å². The fourth-order valence-electron chi connectivity index (χ4n) is 3.42. The van der Waals surface area contributed by atoms with Crippen molar-refractivity contribution in [1.82, 2.24) is 0 Å². The summed E-state index contributed by atoms with van der Waals surface area (Å²) >= 11 is 5.83. The monoisotopic (exact) mass is 366 g/mol. The van der Waals surface area contributed by atoms with E-state index >= 15 is 0 Å². The quantitative estimate of drug-likeness (QED) is 0.852. The molecule has 1 aliphatic carbocycles. The lowest BCUT2D eigenvalue weighted by Gasteiger charge is -2.11. The number of aliphatic hydroxyl groups is 2. The van der Waals surface area contributed by atoms with Gasteiger partial charge in [0.05, 0.1) is 23.4 Å². The molecule has 0 radical (unpaired) electrons. The van der Waals surface area contributed by atoms with Gasteiger partial charge in [0.2, 0.25) is 0 Å². The lowest BCUT2D eigenvalue weighted by atomic mass is 10.00. The van der Waals surface area contributed by atoms with Gasteiger partial charge >= 0.3 is 0 Å². The van der Waals surface area contributed by atoms with Crippen LogP contribution in [0.1, 0.15) is 17.0 Å². The van der Waals surface area contributed by atoms with Gasteiger partial charge in [-0.2, -0.15) is 0 Å². The summed E-state index contributed by atoms with van der Waals surface area (Å²) in [5.74, 6) is -0.436. The van der Waals surface area contributed by atoms with E-state index in [0.29, 0.717) is 5.02 Å². The van der Waals surface area contributed by atoms with Gasteiger partial charge in [0.25, 0.3) is 0 Å². The Morgan fingerprint density at radius 2 is 1.54 bits per heavy atom. The Hall–Kier alpha value is -1.40. The van der Waals surface area contributed by atoms with Crippen molar-refractivity contribution in [1.29, 1.82) is 0 Å². The minimum absolute atomic E-state index is 0.151. The standard InChI is InChI=1S/C18H19ClO4S/c1-12-2-4-13(5-3-12)16-17(18(16,10-20)11-21)24(22,23)15-8-6-14(19)7-9-15/h2-9,16-17,20-21H,10-11H2,1H3. The smallest absolute Gasteiger partial charge is 0.182 e. The maximum Gasteiger partial charge on any atom is 0.182 e. The van der Waals surface area contributed by atoms with E-state index < -0.39 is 26.4 Å². The van der Waals surface area contributed by atoms with Crippen LogP contribution in [0.3, 0.4) is 0 Å². The number of aliphatic hydroxyl groups excluding tert-OH is 2. The van der Waals surface area contributed by atoms with Gasteiger partial charge in [-0.05, 0) is 36.8 Å². The first-order valence-electron chi connectivity index (χ1n) is 7.64. The van der Waals surface area contributed by atoms with Crippen LogP contribution in [0.2, 0.25) is 5.02 Å². The molecule has 2 aromatic carbocycles. The molecule has 0 heterocycles. The number of aryl methyl sites for hydroxylation is 1. The average Bonchev–Trinajstić information content (AvgIpc) is 3.26. The molecule has 1 fully saturated rings. The minimum atomic E-state index is -3.70. The maximum atomic E-state index is 13.0. The summed E-state index contributed by atoms with van der Waals surface area (Å²) in [6.45, 7) is 1.17. The van der Waals surface area contributed by atoms with Crippen LogP contribution < -0.4 is 0 Å². The van der Waals surface area contributed by atoms with Crippen molar-refractivity contribution in [3.8, 4) is 0 Å². The van der Waals surface area contributed by atoms with E-state index in [4.69, 9.17) is 11.6 Å². The van der Waals surface area contributed by atoms with E-state index in [2.05, 4.69) is 0 Å². The van der Waals surface area contributed by atoms with Gasteiger partial charge in [-0.1, -0.05) is 41.4 Å². The van der Waals surface area contributed by atoms with Crippen molar-refractivity contribution < 1.29 is 18.6 Å². The molecule has 0 saturated heterocycles. The van der Waals surface area contributed by atoms with E-state index in [1.807, 2.05) is 31.2 Å². The van der Waals surface area contributed by atoms with Crippen molar-refractivity contribution in [3.05, 3.63) is 64.7 Å². The fraction of sp³-hybridized carbons (Fsp3) is 0.333. The summed E-state index contributed by atoms with van der Waals surface area (Å²) in [6.07, 6.45) is 0. The molecular formula is C18H19ClO4S. The molecule has 0 amide bonds. The SMILES string of the molecule is Cc1ccc(C2C(S(=O)(=O)c3ccc(Cl)cc3)C2(CO)CO)cc1. The molecule has 2 N–H and O–H groups in total. The third-order valence-electron chi connectivity index (χ3n) is 4.88. The number of halogens is 1. The van der Waals surface area contributed by atoms with Gasteiger partial charge in [0.1, 0.15) is 0 Å². The third kappa shape index (κ3) is 2.65. The zero-order valence-corrected chi connectivity index (χ0v) is 14.8. The highest BCUT2D eigenvalue weighted by atomic mass is 35.5. The Bertz CT molecular complexity index is 824. The molecule has 0 spiro atoms. The Morgan fingerprint density at radius 3 is 2.04 bits per heavy atom. The van der Waals surface area contributed by atoms with Crippen molar-refractivity contribution in [2.24, 2.45) is 5.41 Å². The first kappa shape index (κ1) is 17.4. The summed E-state index contributed by atoms with van der Waals surface area (Å²) in [7, 11) is -3.70. The van der Waals surface area contributed by atoms with Crippen LogP contribution in [-0.2, 0) is 9.84 Å². The van der Waals surface area contributed by atoms with Crippen LogP contribution in [-0.4, -0.2) is 37.1 Å². The highest BCUT2D eigenvalue weighted by molar-refractivity contribution is 7.92.